The number of phenolic OH excluding ortho intramolecular Hbond substituents is 1. The number of nitrogens with zero attached hydrogens (tertiary/aromatic N) is 1. The van der Waals surface area contributed by atoms with Gasteiger partial charge in [-0.15, -0.1) is 0 Å². The summed E-state index contributed by atoms with van der Waals surface area (Å²) in [6.07, 6.45) is 5.22. The molecule has 3 nitrogen and oxygen atoms in total. The van der Waals surface area contributed by atoms with Crippen molar-refractivity contribution in [3.8, 4) is 11.5 Å². The van der Waals surface area contributed by atoms with Gasteiger partial charge in [-0.3, -0.25) is 4.99 Å². The van der Waals surface area contributed by atoms with Crippen LogP contribution in [0.5, 0.6) is 11.5 Å². The summed E-state index contributed by atoms with van der Waals surface area (Å²) in [6, 6.07) is 14.8. The molecule has 0 fully saturated rings. The molecular weight excluding hydrogens is 262 g/mol. The lowest BCUT2D eigenvalue weighted by molar-refractivity contribution is 0.306. The number of benzene rings is 2. The lowest BCUT2D eigenvalue weighted by atomic mass is 10.2. The number of ether oxygens (including phenoxy) is 1. The van der Waals surface area contributed by atoms with Crippen LogP contribution >= 0.6 is 0 Å². The van der Waals surface area contributed by atoms with Gasteiger partial charge in [0.15, 0.2) is 0 Å². The van der Waals surface area contributed by atoms with Crippen LogP contribution in [0.3, 0.4) is 0 Å². The summed E-state index contributed by atoms with van der Waals surface area (Å²) in [5.41, 5.74) is 1.54. The van der Waals surface area contributed by atoms with E-state index >= 15 is 0 Å². The van der Waals surface area contributed by atoms with E-state index in [1.807, 2.05) is 30.3 Å². The molecule has 0 radical (unpaired) electrons. The molecule has 0 unspecified atom stereocenters. The highest BCUT2D eigenvalue weighted by atomic mass is 16.5. The molecule has 0 amide bonds. The van der Waals surface area contributed by atoms with Gasteiger partial charge < -0.3 is 9.84 Å². The molecule has 1 N–H and O–H groups in total. The largest absolute Gasteiger partial charge is 0.506 e. The first-order valence-corrected chi connectivity index (χ1v) is 7.34. The van der Waals surface area contributed by atoms with E-state index in [-0.39, 0.29) is 5.75 Å². The van der Waals surface area contributed by atoms with E-state index in [2.05, 4.69) is 11.9 Å². The maximum atomic E-state index is 9.64. The van der Waals surface area contributed by atoms with Gasteiger partial charge in [0.2, 0.25) is 0 Å². The number of unbranched alkanes of at least 4 members (excludes halogenated alkanes) is 2. The SMILES string of the molecule is CCCCCOc1ccc(C=Nc2ccccc2O)cc1. The quantitative estimate of drug-likeness (QED) is 0.590. The standard InChI is InChI=1S/C18H21NO2/c1-2-3-6-13-21-16-11-9-15(10-12-16)14-19-17-7-4-5-8-18(17)20/h4-5,7-12,14,20H,2-3,6,13H2,1H3. The summed E-state index contributed by atoms with van der Waals surface area (Å²) in [7, 11) is 0. The van der Waals surface area contributed by atoms with E-state index in [1.165, 1.54) is 12.8 Å². The monoisotopic (exact) mass is 283 g/mol. The van der Waals surface area contributed by atoms with Crippen molar-refractivity contribution < 1.29 is 9.84 Å². The second-order valence-corrected chi connectivity index (χ2v) is 4.87. The van der Waals surface area contributed by atoms with Crippen LogP contribution in [-0.4, -0.2) is 17.9 Å². The van der Waals surface area contributed by atoms with Crippen LogP contribution in [0.4, 0.5) is 5.69 Å². The number of hydrogen-bond donors (Lipinski definition) is 1. The van der Waals surface area contributed by atoms with Crippen LogP contribution in [0.15, 0.2) is 53.5 Å². The van der Waals surface area contributed by atoms with Gasteiger partial charge in [-0.25, -0.2) is 0 Å². The number of rotatable bonds is 7. The highest BCUT2D eigenvalue weighted by Gasteiger charge is 1.97. The first-order chi connectivity index (χ1) is 10.3. The fraction of sp³-hybridized carbons (Fsp3) is 0.278. The van der Waals surface area contributed by atoms with E-state index in [4.69, 9.17) is 4.74 Å². The van der Waals surface area contributed by atoms with Crippen LogP contribution < -0.4 is 4.74 Å². The molecule has 0 saturated heterocycles. The normalized spacial score (nSPS) is 10.9. The highest BCUT2D eigenvalue weighted by molar-refractivity contribution is 5.82. The van der Waals surface area contributed by atoms with Gasteiger partial charge in [0.25, 0.3) is 0 Å². The number of aromatic hydroxyl groups is 1. The molecule has 0 spiro atoms. The summed E-state index contributed by atoms with van der Waals surface area (Å²) < 4.78 is 5.66. The van der Waals surface area contributed by atoms with Gasteiger partial charge in [-0.05, 0) is 48.4 Å². The molecule has 0 bridgehead atoms. The van der Waals surface area contributed by atoms with Crippen LogP contribution in [0.25, 0.3) is 0 Å². The van der Waals surface area contributed by atoms with Gasteiger partial charge in [0, 0.05) is 6.21 Å². The van der Waals surface area contributed by atoms with Crippen molar-refractivity contribution in [3.63, 3.8) is 0 Å². The lowest BCUT2D eigenvalue weighted by Crippen LogP contribution is -1.96. The molecule has 0 saturated carbocycles. The number of phenols is 1. The van der Waals surface area contributed by atoms with Crippen LogP contribution in [0, 0.1) is 0 Å². The molecule has 0 atom stereocenters. The Morgan fingerprint density at radius 1 is 1.05 bits per heavy atom. The maximum Gasteiger partial charge on any atom is 0.141 e. The molecule has 2 aromatic carbocycles. The molecule has 21 heavy (non-hydrogen) atoms. The number of aliphatic imine (C=N–C) groups is 1. The molecular formula is C18H21NO2. The first kappa shape index (κ1) is 15.1. The van der Waals surface area contributed by atoms with Crippen molar-refractivity contribution in [1.29, 1.82) is 0 Å². The molecule has 2 rings (SSSR count). The Balaban J connectivity index is 1.92. The van der Waals surface area contributed by atoms with Crippen LogP contribution in [0.2, 0.25) is 0 Å². The fourth-order valence-electron chi connectivity index (χ4n) is 1.91. The smallest absolute Gasteiger partial charge is 0.141 e. The van der Waals surface area contributed by atoms with Crippen molar-refractivity contribution in [2.24, 2.45) is 4.99 Å². The van der Waals surface area contributed by atoms with E-state index in [9.17, 15) is 5.11 Å². The zero-order chi connectivity index (χ0) is 14.9. The minimum absolute atomic E-state index is 0.185. The van der Waals surface area contributed by atoms with E-state index in [0.29, 0.717) is 5.69 Å². The summed E-state index contributed by atoms with van der Waals surface area (Å²) in [5.74, 6) is 1.07. The zero-order valence-corrected chi connectivity index (χ0v) is 12.3. The number of hydrogen-bond acceptors (Lipinski definition) is 3. The third-order valence-corrected chi connectivity index (χ3v) is 3.13. The highest BCUT2D eigenvalue weighted by Crippen LogP contribution is 2.24. The number of para-hydroxylation sites is 2. The Labute approximate surface area is 125 Å². The summed E-state index contributed by atoms with van der Waals surface area (Å²) in [4.78, 5) is 4.28. The molecule has 0 aromatic heterocycles. The molecule has 110 valence electrons. The predicted molar refractivity (Wildman–Crippen MR) is 86.8 cm³/mol. The minimum atomic E-state index is 0.185. The van der Waals surface area contributed by atoms with E-state index < -0.39 is 0 Å². The second-order valence-electron chi connectivity index (χ2n) is 4.87. The summed E-state index contributed by atoms with van der Waals surface area (Å²) >= 11 is 0. The van der Waals surface area contributed by atoms with Gasteiger partial charge in [0.1, 0.15) is 17.2 Å². The molecule has 0 aliphatic carbocycles. The van der Waals surface area contributed by atoms with Crippen molar-refractivity contribution in [2.75, 3.05) is 6.61 Å². The molecule has 2 aromatic rings. The maximum absolute atomic E-state index is 9.64. The predicted octanol–water partition coefficient (Wildman–Crippen LogP) is 4.71. The second kappa shape index (κ2) is 8.10. The van der Waals surface area contributed by atoms with Gasteiger partial charge in [0.05, 0.1) is 6.61 Å². The van der Waals surface area contributed by atoms with Gasteiger partial charge >= 0.3 is 0 Å². The minimum Gasteiger partial charge on any atom is -0.506 e. The Kier molecular flexibility index (Phi) is 5.83. The first-order valence-electron chi connectivity index (χ1n) is 7.34. The topological polar surface area (TPSA) is 41.8 Å². The molecule has 0 aliphatic heterocycles. The zero-order valence-electron chi connectivity index (χ0n) is 12.3. The lowest BCUT2D eigenvalue weighted by Gasteiger charge is -2.05. The van der Waals surface area contributed by atoms with Crippen molar-refractivity contribution >= 4 is 11.9 Å². The Hall–Kier alpha value is -2.29. The van der Waals surface area contributed by atoms with E-state index in [1.54, 1.807) is 24.4 Å². The molecule has 0 heterocycles. The summed E-state index contributed by atoms with van der Waals surface area (Å²) in [5, 5.41) is 9.64. The third-order valence-electron chi connectivity index (χ3n) is 3.13. The van der Waals surface area contributed by atoms with Crippen molar-refractivity contribution in [1.82, 2.24) is 0 Å². The fourth-order valence-corrected chi connectivity index (χ4v) is 1.91. The Morgan fingerprint density at radius 3 is 2.52 bits per heavy atom. The Morgan fingerprint density at radius 2 is 1.81 bits per heavy atom. The Bertz CT molecular complexity index is 576. The third kappa shape index (κ3) is 4.95. The van der Waals surface area contributed by atoms with E-state index in [0.717, 1.165) is 24.3 Å². The van der Waals surface area contributed by atoms with Crippen molar-refractivity contribution in [3.05, 3.63) is 54.1 Å². The van der Waals surface area contributed by atoms with Crippen LogP contribution in [-0.2, 0) is 0 Å². The average molecular weight is 283 g/mol. The van der Waals surface area contributed by atoms with Gasteiger partial charge in [-0.2, -0.15) is 0 Å². The van der Waals surface area contributed by atoms with Crippen LogP contribution in [0.1, 0.15) is 31.7 Å². The summed E-state index contributed by atoms with van der Waals surface area (Å²) in [6.45, 7) is 2.94. The molecule has 3 heteroatoms. The molecule has 0 aliphatic rings. The van der Waals surface area contributed by atoms with Gasteiger partial charge in [-0.1, -0.05) is 31.9 Å². The average Bonchev–Trinajstić information content (AvgIpc) is 2.52. The van der Waals surface area contributed by atoms with Crippen molar-refractivity contribution in [2.45, 2.75) is 26.2 Å².